The smallest absolute Gasteiger partial charge is 0.205 e. The van der Waals surface area contributed by atoms with Crippen LogP contribution in [0, 0.1) is 0 Å². The number of halogens is 3. The summed E-state index contributed by atoms with van der Waals surface area (Å²) < 4.78 is 0.725. The van der Waals surface area contributed by atoms with Crippen molar-refractivity contribution in [3.05, 3.63) is 48.5 Å². The number of thiophene rings is 1. The molecule has 0 spiro atoms. The van der Waals surface area contributed by atoms with Crippen LogP contribution >= 0.6 is 50.5 Å². The van der Waals surface area contributed by atoms with E-state index in [0.29, 0.717) is 26.2 Å². The third kappa shape index (κ3) is 2.65. The number of carbonyl (C=O) groups excluding carboxylic acids is 1. The Morgan fingerprint density at radius 3 is 2.59 bits per heavy atom. The fraction of sp³-hybridized carbons (Fsp3) is 0. The van der Waals surface area contributed by atoms with Crippen molar-refractivity contribution in [1.82, 2.24) is 0 Å². The van der Waals surface area contributed by atoms with E-state index in [-0.39, 0.29) is 5.78 Å². The van der Waals surface area contributed by atoms with Crippen LogP contribution in [0.25, 0.3) is 0 Å². The van der Waals surface area contributed by atoms with Crippen LogP contribution in [0.4, 0.5) is 5.69 Å². The van der Waals surface area contributed by atoms with Crippen molar-refractivity contribution >= 4 is 61.9 Å². The zero-order valence-electron chi connectivity index (χ0n) is 8.34. The van der Waals surface area contributed by atoms with Crippen LogP contribution in [0.2, 0.25) is 10.0 Å². The van der Waals surface area contributed by atoms with Gasteiger partial charge in [0.15, 0.2) is 0 Å². The summed E-state index contributed by atoms with van der Waals surface area (Å²) in [6, 6.07) is 6.42. The summed E-state index contributed by atoms with van der Waals surface area (Å²) in [5.41, 5.74) is 6.55. The number of rotatable bonds is 2. The quantitative estimate of drug-likeness (QED) is 0.633. The Labute approximate surface area is 120 Å². The second-order valence-corrected chi connectivity index (χ2v) is 6.51. The molecular formula is C11H6BrCl2NOS. The van der Waals surface area contributed by atoms with Gasteiger partial charge in [-0.3, -0.25) is 4.79 Å². The van der Waals surface area contributed by atoms with E-state index < -0.39 is 0 Å². The van der Waals surface area contributed by atoms with Gasteiger partial charge in [0, 0.05) is 16.3 Å². The molecule has 0 saturated carbocycles. The molecule has 0 amide bonds. The van der Waals surface area contributed by atoms with Gasteiger partial charge >= 0.3 is 0 Å². The molecule has 0 aliphatic rings. The lowest BCUT2D eigenvalue weighted by molar-refractivity contribution is 0.104. The largest absolute Gasteiger partial charge is 0.398 e. The second kappa shape index (κ2) is 4.98. The Kier molecular flexibility index (Phi) is 3.78. The lowest BCUT2D eigenvalue weighted by Gasteiger charge is -2.03. The van der Waals surface area contributed by atoms with E-state index in [4.69, 9.17) is 28.9 Å². The van der Waals surface area contributed by atoms with E-state index in [9.17, 15) is 4.79 Å². The van der Waals surface area contributed by atoms with E-state index in [1.807, 2.05) is 0 Å². The number of anilines is 1. The average molecular weight is 351 g/mol. The first kappa shape index (κ1) is 12.9. The highest BCUT2D eigenvalue weighted by atomic mass is 79.9. The minimum absolute atomic E-state index is 0.178. The third-order valence-corrected chi connectivity index (χ3v) is 4.84. The fourth-order valence-electron chi connectivity index (χ4n) is 1.32. The van der Waals surface area contributed by atoms with Gasteiger partial charge in [-0.15, -0.1) is 11.3 Å². The number of ketones is 1. The van der Waals surface area contributed by atoms with Crippen LogP contribution in [-0.4, -0.2) is 5.78 Å². The first-order valence-corrected chi connectivity index (χ1v) is 6.90. The van der Waals surface area contributed by atoms with E-state index in [1.54, 1.807) is 24.3 Å². The maximum atomic E-state index is 12.2. The monoisotopic (exact) mass is 349 g/mol. The molecule has 0 aliphatic carbocycles. The Hall–Kier alpha value is -0.550. The maximum Gasteiger partial charge on any atom is 0.205 e. The zero-order valence-corrected chi connectivity index (χ0v) is 12.3. The molecule has 17 heavy (non-hydrogen) atoms. The molecule has 0 unspecified atom stereocenters. The van der Waals surface area contributed by atoms with Gasteiger partial charge in [0.25, 0.3) is 0 Å². The predicted octanol–water partition coefficient (Wildman–Crippen LogP) is 4.63. The number of hydrogen-bond donors (Lipinski definition) is 1. The first-order valence-electron chi connectivity index (χ1n) is 4.53. The van der Waals surface area contributed by atoms with Crippen molar-refractivity contribution in [3.63, 3.8) is 0 Å². The first-order chi connectivity index (χ1) is 7.99. The molecule has 0 aliphatic heterocycles. The molecule has 1 aromatic carbocycles. The molecule has 0 radical (unpaired) electrons. The number of carbonyl (C=O) groups is 1. The van der Waals surface area contributed by atoms with Gasteiger partial charge in [-0.2, -0.15) is 0 Å². The van der Waals surface area contributed by atoms with E-state index >= 15 is 0 Å². The molecule has 1 aromatic heterocycles. The standard InChI is InChI=1S/C11H6BrCl2NOS/c12-11-7(14)4-9(17-11)10(16)6-3-5(13)1-2-8(6)15/h1-4H,15H2. The SMILES string of the molecule is Nc1ccc(Cl)cc1C(=O)c1cc(Cl)c(Br)s1. The Balaban J connectivity index is 2.47. The summed E-state index contributed by atoms with van der Waals surface area (Å²) in [6.07, 6.45) is 0. The number of nitrogen functional groups attached to an aromatic ring is 1. The van der Waals surface area contributed by atoms with Crippen molar-refractivity contribution in [1.29, 1.82) is 0 Å². The Bertz CT molecular complexity index is 578. The minimum atomic E-state index is -0.178. The van der Waals surface area contributed by atoms with E-state index in [2.05, 4.69) is 15.9 Å². The summed E-state index contributed by atoms with van der Waals surface area (Å²) in [6.45, 7) is 0. The van der Waals surface area contributed by atoms with Crippen molar-refractivity contribution < 1.29 is 4.79 Å². The molecule has 0 atom stereocenters. The normalized spacial score (nSPS) is 10.5. The number of nitrogens with two attached hydrogens (primary N) is 1. The lowest BCUT2D eigenvalue weighted by Crippen LogP contribution is -2.03. The van der Waals surface area contributed by atoms with Gasteiger partial charge in [-0.25, -0.2) is 0 Å². The van der Waals surface area contributed by atoms with Crippen LogP contribution in [0.1, 0.15) is 15.2 Å². The van der Waals surface area contributed by atoms with Crippen molar-refractivity contribution in [2.75, 3.05) is 5.73 Å². The van der Waals surface area contributed by atoms with Crippen LogP contribution in [0.15, 0.2) is 28.1 Å². The van der Waals surface area contributed by atoms with Crippen LogP contribution < -0.4 is 5.73 Å². The lowest BCUT2D eigenvalue weighted by atomic mass is 10.1. The highest BCUT2D eigenvalue weighted by Gasteiger charge is 2.16. The van der Waals surface area contributed by atoms with Gasteiger partial charge in [-0.1, -0.05) is 23.2 Å². The molecule has 0 bridgehead atoms. The van der Waals surface area contributed by atoms with Crippen molar-refractivity contribution in [3.8, 4) is 0 Å². The molecule has 2 nitrogen and oxygen atoms in total. The van der Waals surface area contributed by atoms with Gasteiger partial charge < -0.3 is 5.73 Å². The number of benzene rings is 1. The van der Waals surface area contributed by atoms with Crippen molar-refractivity contribution in [2.24, 2.45) is 0 Å². The van der Waals surface area contributed by atoms with E-state index in [1.165, 1.54) is 11.3 Å². The fourth-order valence-corrected chi connectivity index (χ4v) is 3.14. The summed E-state index contributed by atoms with van der Waals surface area (Å²) in [4.78, 5) is 12.7. The van der Waals surface area contributed by atoms with Gasteiger partial charge in [-0.05, 0) is 40.2 Å². The highest BCUT2D eigenvalue weighted by molar-refractivity contribution is 9.11. The molecule has 88 valence electrons. The summed E-state index contributed by atoms with van der Waals surface area (Å²) >= 11 is 16.3. The third-order valence-electron chi connectivity index (χ3n) is 2.13. The second-order valence-electron chi connectivity index (χ2n) is 3.29. The van der Waals surface area contributed by atoms with Crippen molar-refractivity contribution in [2.45, 2.75) is 0 Å². The molecule has 0 saturated heterocycles. The summed E-state index contributed by atoms with van der Waals surface area (Å²) in [5.74, 6) is -0.178. The van der Waals surface area contributed by atoms with Crippen LogP contribution in [0.3, 0.4) is 0 Å². The molecule has 2 N–H and O–H groups in total. The molecule has 2 rings (SSSR count). The summed E-state index contributed by atoms with van der Waals surface area (Å²) in [7, 11) is 0. The molecule has 1 heterocycles. The minimum Gasteiger partial charge on any atom is -0.398 e. The molecule has 2 aromatic rings. The molecule has 0 fully saturated rings. The molecular weight excluding hydrogens is 345 g/mol. The van der Waals surface area contributed by atoms with Crippen LogP contribution in [0.5, 0.6) is 0 Å². The van der Waals surface area contributed by atoms with E-state index in [0.717, 1.165) is 3.79 Å². The topological polar surface area (TPSA) is 43.1 Å². The molecule has 6 heteroatoms. The van der Waals surface area contributed by atoms with Gasteiger partial charge in [0.05, 0.1) is 13.7 Å². The summed E-state index contributed by atoms with van der Waals surface area (Å²) in [5, 5.41) is 0.989. The highest BCUT2D eigenvalue weighted by Crippen LogP contribution is 2.34. The zero-order chi connectivity index (χ0) is 12.6. The van der Waals surface area contributed by atoms with Crippen LogP contribution in [-0.2, 0) is 0 Å². The number of hydrogen-bond acceptors (Lipinski definition) is 3. The Morgan fingerprint density at radius 2 is 2.00 bits per heavy atom. The Morgan fingerprint density at radius 1 is 1.29 bits per heavy atom. The average Bonchev–Trinajstić information content (AvgIpc) is 2.62. The van der Waals surface area contributed by atoms with Gasteiger partial charge in [0.2, 0.25) is 5.78 Å². The van der Waals surface area contributed by atoms with Gasteiger partial charge in [0.1, 0.15) is 0 Å². The predicted molar refractivity (Wildman–Crippen MR) is 76.3 cm³/mol. The maximum absolute atomic E-state index is 12.2.